The minimum Gasteiger partial charge on any atom is -0.494 e. The van der Waals surface area contributed by atoms with E-state index >= 15 is 0 Å². The lowest BCUT2D eigenvalue weighted by atomic mass is 10.0. The molecule has 1 unspecified atom stereocenters. The maximum Gasteiger partial charge on any atom is 0.422 e. The van der Waals surface area contributed by atoms with E-state index in [1.165, 1.54) is 16.7 Å². The Balaban J connectivity index is 1.46. The lowest BCUT2D eigenvalue weighted by molar-refractivity contribution is -0.153. The number of rotatable bonds is 7. The molecular formula is C23H27F4N3O3. The molecule has 2 aromatic rings. The van der Waals surface area contributed by atoms with Crippen molar-refractivity contribution >= 4 is 0 Å². The number of fused-ring (bicyclic) bond motifs is 1. The zero-order valence-electron chi connectivity index (χ0n) is 18.0. The molecule has 2 heterocycles. The molecule has 0 radical (unpaired) electrons. The highest BCUT2D eigenvalue weighted by atomic mass is 19.4. The number of ether oxygens (including phenoxy) is 1. The average molecular weight is 469 g/mol. The Bertz CT molecular complexity index is 988. The maximum absolute atomic E-state index is 13.7. The molecule has 4 rings (SSSR count). The fraction of sp³-hybridized carbons (Fsp3) is 0.478. The van der Waals surface area contributed by atoms with Gasteiger partial charge in [-0.1, -0.05) is 18.2 Å². The second-order valence-electron chi connectivity index (χ2n) is 8.33. The van der Waals surface area contributed by atoms with E-state index in [1.807, 2.05) is 12.2 Å². The van der Waals surface area contributed by atoms with Crippen molar-refractivity contribution < 1.29 is 32.5 Å². The summed E-state index contributed by atoms with van der Waals surface area (Å²) in [6.45, 7) is 1.30. The number of halogens is 4. The number of hydrogen-bond acceptors (Lipinski definition) is 5. The van der Waals surface area contributed by atoms with E-state index < -0.39 is 18.6 Å². The molecule has 0 spiro atoms. The Labute approximate surface area is 189 Å². The molecule has 6 nitrogen and oxygen atoms in total. The lowest BCUT2D eigenvalue weighted by Gasteiger charge is -2.37. The van der Waals surface area contributed by atoms with Gasteiger partial charge in [0.05, 0.1) is 6.04 Å². The largest absolute Gasteiger partial charge is 0.494 e. The minimum absolute atomic E-state index is 0.0742. The summed E-state index contributed by atoms with van der Waals surface area (Å²) < 4.78 is 58.2. The molecule has 1 aliphatic heterocycles. The van der Waals surface area contributed by atoms with Crippen molar-refractivity contribution in [1.82, 2.24) is 14.8 Å². The first-order chi connectivity index (χ1) is 15.7. The van der Waals surface area contributed by atoms with Crippen LogP contribution in [0.5, 0.6) is 17.5 Å². The van der Waals surface area contributed by atoms with E-state index in [9.17, 15) is 27.8 Å². The second kappa shape index (κ2) is 9.64. The van der Waals surface area contributed by atoms with Crippen molar-refractivity contribution in [3.63, 3.8) is 0 Å². The summed E-state index contributed by atoms with van der Waals surface area (Å²) in [6, 6.07) is 3.38. The average Bonchev–Trinajstić information content (AvgIpc) is 3.03. The van der Waals surface area contributed by atoms with Crippen molar-refractivity contribution in [1.29, 1.82) is 0 Å². The standard InChI is InChI=1S/C23H27F4N3O3/c24-15-6-7-18(20(12-15)33-14-23(25,26)27)19-13-28-8-11-29(19)9-3-10-30-21(31)16-4-1-2-5-17(16)22(30)32/h1-2,6-7,12,19,28,31-32H,3-5,8-11,13-14H2. The molecule has 1 saturated heterocycles. The molecule has 0 bridgehead atoms. The Morgan fingerprint density at radius 3 is 2.42 bits per heavy atom. The SMILES string of the molecule is Oc1c2c(c(O)n1CCCN1CCNCC1c1ccc(F)cc1OCC(F)(F)F)CC=CC2. The summed E-state index contributed by atoms with van der Waals surface area (Å²) in [7, 11) is 0. The van der Waals surface area contributed by atoms with Gasteiger partial charge < -0.3 is 20.3 Å². The summed E-state index contributed by atoms with van der Waals surface area (Å²) in [5.74, 6) is -0.634. The van der Waals surface area contributed by atoms with Crippen molar-refractivity contribution in [2.45, 2.75) is 38.0 Å². The molecule has 10 heteroatoms. The highest BCUT2D eigenvalue weighted by Gasteiger charge is 2.31. The van der Waals surface area contributed by atoms with Crippen molar-refractivity contribution in [3.8, 4) is 17.5 Å². The van der Waals surface area contributed by atoms with Gasteiger partial charge in [-0.05, 0) is 25.3 Å². The van der Waals surface area contributed by atoms with Gasteiger partial charge in [-0.25, -0.2) is 4.39 Å². The predicted octanol–water partition coefficient (Wildman–Crippen LogP) is 3.67. The third kappa shape index (κ3) is 5.27. The highest BCUT2D eigenvalue weighted by molar-refractivity contribution is 5.49. The van der Waals surface area contributed by atoms with E-state index in [0.29, 0.717) is 57.5 Å². The van der Waals surface area contributed by atoms with E-state index in [4.69, 9.17) is 4.74 Å². The van der Waals surface area contributed by atoms with Crippen LogP contribution in [0.15, 0.2) is 30.4 Å². The quantitative estimate of drug-likeness (QED) is 0.427. The first-order valence-corrected chi connectivity index (χ1v) is 11.0. The Morgan fingerprint density at radius 1 is 1.06 bits per heavy atom. The smallest absolute Gasteiger partial charge is 0.422 e. The normalized spacial score (nSPS) is 19.0. The van der Waals surface area contributed by atoms with E-state index in [0.717, 1.165) is 17.2 Å². The first-order valence-electron chi connectivity index (χ1n) is 11.0. The van der Waals surface area contributed by atoms with Gasteiger partial charge in [0.2, 0.25) is 0 Å². The van der Waals surface area contributed by atoms with Gasteiger partial charge in [-0.3, -0.25) is 9.47 Å². The van der Waals surface area contributed by atoms with Crippen LogP contribution in [-0.4, -0.2) is 58.6 Å². The van der Waals surface area contributed by atoms with Gasteiger partial charge in [-0.15, -0.1) is 0 Å². The fourth-order valence-electron chi connectivity index (χ4n) is 4.56. The highest BCUT2D eigenvalue weighted by Crippen LogP contribution is 2.37. The van der Waals surface area contributed by atoms with E-state index in [-0.39, 0.29) is 23.6 Å². The molecule has 1 aliphatic carbocycles. The molecule has 3 N–H and O–H groups in total. The Kier molecular flexibility index (Phi) is 6.85. The molecule has 1 atom stereocenters. The van der Waals surface area contributed by atoms with Crippen LogP contribution in [0.1, 0.15) is 29.2 Å². The van der Waals surface area contributed by atoms with Crippen molar-refractivity contribution in [3.05, 3.63) is 52.9 Å². The van der Waals surface area contributed by atoms with Crippen LogP contribution in [0.25, 0.3) is 0 Å². The Morgan fingerprint density at radius 2 is 1.76 bits per heavy atom. The van der Waals surface area contributed by atoms with Crippen LogP contribution in [-0.2, 0) is 19.4 Å². The van der Waals surface area contributed by atoms with Crippen molar-refractivity contribution in [2.75, 3.05) is 32.8 Å². The fourth-order valence-corrected chi connectivity index (χ4v) is 4.56. The second-order valence-corrected chi connectivity index (χ2v) is 8.33. The topological polar surface area (TPSA) is 69.9 Å². The number of hydrogen-bond donors (Lipinski definition) is 3. The lowest BCUT2D eigenvalue weighted by Crippen LogP contribution is -2.46. The monoisotopic (exact) mass is 469 g/mol. The minimum atomic E-state index is -4.52. The third-order valence-corrected chi connectivity index (χ3v) is 6.13. The van der Waals surface area contributed by atoms with Crippen LogP contribution >= 0.6 is 0 Å². The molecule has 33 heavy (non-hydrogen) atoms. The summed E-state index contributed by atoms with van der Waals surface area (Å²) in [4.78, 5) is 2.10. The third-order valence-electron chi connectivity index (χ3n) is 6.13. The van der Waals surface area contributed by atoms with Crippen LogP contribution in [0, 0.1) is 5.82 Å². The summed E-state index contributed by atoms with van der Waals surface area (Å²) in [5, 5.41) is 24.3. The van der Waals surface area contributed by atoms with Crippen LogP contribution in [0.4, 0.5) is 17.6 Å². The van der Waals surface area contributed by atoms with Gasteiger partial charge in [0.15, 0.2) is 18.4 Å². The van der Waals surface area contributed by atoms with Crippen LogP contribution in [0.2, 0.25) is 0 Å². The zero-order chi connectivity index (χ0) is 23.6. The number of benzene rings is 1. The maximum atomic E-state index is 13.7. The molecule has 1 aromatic carbocycles. The van der Waals surface area contributed by atoms with Gasteiger partial charge in [0.25, 0.3) is 0 Å². The molecule has 0 amide bonds. The van der Waals surface area contributed by atoms with Gasteiger partial charge >= 0.3 is 6.18 Å². The number of aromatic nitrogens is 1. The molecule has 1 aromatic heterocycles. The number of nitrogens with one attached hydrogen (secondary N) is 1. The number of aromatic hydroxyl groups is 2. The van der Waals surface area contributed by atoms with E-state index in [1.54, 1.807) is 0 Å². The molecule has 1 fully saturated rings. The molecule has 2 aliphatic rings. The molecular weight excluding hydrogens is 442 g/mol. The Hall–Kier alpha value is -2.72. The summed E-state index contributed by atoms with van der Waals surface area (Å²) >= 11 is 0. The van der Waals surface area contributed by atoms with Crippen LogP contribution in [0.3, 0.4) is 0 Å². The van der Waals surface area contributed by atoms with Gasteiger partial charge in [-0.2, -0.15) is 13.2 Å². The summed E-state index contributed by atoms with van der Waals surface area (Å²) in [6.07, 6.45) is 1.14. The van der Waals surface area contributed by atoms with Crippen LogP contribution < -0.4 is 10.1 Å². The summed E-state index contributed by atoms with van der Waals surface area (Å²) in [5.41, 5.74) is 1.97. The number of nitrogens with zero attached hydrogens (tertiary/aromatic N) is 2. The van der Waals surface area contributed by atoms with Gasteiger partial charge in [0, 0.05) is 55.5 Å². The van der Waals surface area contributed by atoms with E-state index in [2.05, 4.69) is 10.2 Å². The predicted molar refractivity (Wildman–Crippen MR) is 114 cm³/mol. The zero-order valence-corrected chi connectivity index (χ0v) is 18.0. The van der Waals surface area contributed by atoms with Gasteiger partial charge in [0.1, 0.15) is 11.6 Å². The molecule has 0 saturated carbocycles. The van der Waals surface area contributed by atoms with Crippen molar-refractivity contribution in [2.24, 2.45) is 0 Å². The first kappa shape index (κ1) is 23.4. The molecule has 180 valence electrons. The number of alkyl halides is 3. The number of allylic oxidation sites excluding steroid dienone is 2. The number of piperazine rings is 1.